The first kappa shape index (κ1) is 18.7. The normalized spacial score (nSPS) is 12.6. The molecule has 0 amide bonds. The zero-order chi connectivity index (χ0) is 22.2. The van der Waals surface area contributed by atoms with E-state index < -0.39 is 0 Å². The highest BCUT2D eigenvalue weighted by atomic mass is 32.2. The molecule has 158 valence electrons. The van der Waals surface area contributed by atoms with Gasteiger partial charge in [0.2, 0.25) is 0 Å². The zero-order valence-electron chi connectivity index (χ0n) is 18.3. The molecule has 8 rings (SSSR count). The van der Waals surface area contributed by atoms with Crippen molar-refractivity contribution in [3.05, 3.63) is 115 Å². The fourth-order valence-corrected chi connectivity index (χ4v) is 8.98. The van der Waals surface area contributed by atoms with Crippen molar-refractivity contribution in [2.45, 2.75) is 0 Å². The van der Waals surface area contributed by atoms with Crippen LogP contribution in [0.15, 0.2) is 115 Å². The lowest BCUT2D eigenvalue weighted by atomic mass is 10.0. The van der Waals surface area contributed by atoms with E-state index in [2.05, 4.69) is 115 Å². The van der Waals surface area contributed by atoms with Gasteiger partial charge in [-0.25, -0.2) is 0 Å². The van der Waals surface area contributed by atoms with E-state index in [1.54, 1.807) is 0 Å². The molecule has 0 bridgehead atoms. The summed E-state index contributed by atoms with van der Waals surface area (Å²) in [4.78, 5) is 1.39. The Hall–Kier alpha value is -3.72. The molecule has 0 nitrogen and oxygen atoms in total. The summed E-state index contributed by atoms with van der Waals surface area (Å²) in [7, 11) is -0.102. The van der Waals surface area contributed by atoms with Gasteiger partial charge in [0.15, 0.2) is 14.3 Å². The van der Waals surface area contributed by atoms with E-state index in [1.165, 1.54) is 66.8 Å². The maximum Gasteiger partial charge on any atom is 0.188 e. The molecule has 0 radical (unpaired) electrons. The Morgan fingerprint density at radius 2 is 0.912 bits per heavy atom. The highest BCUT2D eigenvalue weighted by Crippen LogP contribution is 2.51. The molecule has 0 spiro atoms. The van der Waals surface area contributed by atoms with Crippen molar-refractivity contribution in [1.29, 1.82) is 0 Å². The molecule has 2 heterocycles. The Morgan fingerprint density at radius 1 is 0.412 bits per heavy atom. The standard InChI is InChI=1S/C32H19S2/c1-2-12-24(13-3-1)34-31-17-23-11-7-5-9-21(23)15-27(31)28-18-30-26(19-32(28)34)25-14-20-8-4-6-10-22(20)16-29(25)33-30/h1-19H/q+1. The number of rotatable bonds is 1. The molecule has 0 saturated carbocycles. The van der Waals surface area contributed by atoms with Crippen LogP contribution in [0.2, 0.25) is 0 Å². The fraction of sp³-hybridized carbons (Fsp3) is 0. The second-order valence-corrected chi connectivity index (χ2v) is 12.0. The smallest absolute Gasteiger partial charge is 0.135 e. The van der Waals surface area contributed by atoms with Gasteiger partial charge < -0.3 is 0 Å². The van der Waals surface area contributed by atoms with E-state index in [9.17, 15) is 0 Å². The molecule has 34 heavy (non-hydrogen) atoms. The first-order valence-corrected chi connectivity index (χ1v) is 13.6. The van der Waals surface area contributed by atoms with Gasteiger partial charge in [0.25, 0.3) is 0 Å². The van der Waals surface area contributed by atoms with Gasteiger partial charge in [-0.1, -0.05) is 66.7 Å². The summed E-state index contributed by atoms with van der Waals surface area (Å²) < 4.78 is 5.65. The average molecular weight is 468 g/mol. The molecule has 0 aliphatic carbocycles. The predicted octanol–water partition coefficient (Wildman–Crippen LogP) is 10.4. The van der Waals surface area contributed by atoms with Crippen LogP contribution in [0, 0.1) is 0 Å². The van der Waals surface area contributed by atoms with Crippen molar-refractivity contribution < 1.29 is 0 Å². The molecule has 0 N–H and O–H groups in total. The van der Waals surface area contributed by atoms with E-state index >= 15 is 0 Å². The lowest BCUT2D eigenvalue weighted by molar-refractivity contribution is 1.76. The number of hydrogen-bond acceptors (Lipinski definition) is 1. The van der Waals surface area contributed by atoms with E-state index in [4.69, 9.17) is 0 Å². The summed E-state index contributed by atoms with van der Waals surface area (Å²) in [5, 5.41) is 10.8. The van der Waals surface area contributed by atoms with Gasteiger partial charge in [-0.15, -0.1) is 11.3 Å². The van der Waals surface area contributed by atoms with Crippen LogP contribution in [-0.2, 0) is 0 Å². The van der Waals surface area contributed by atoms with Crippen molar-refractivity contribution in [1.82, 2.24) is 0 Å². The molecule has 0 aliphatic heterocycles. The summed E-state index contributed by atoms with van der Waals surface area (Å²) in [6, 6.07) is 43.0. The van der Waals surface area contributed by atoms with Crippen LogP contribution in [0.4, 0.5) is 0 Å². The van der Waals surface area contributed by atoms with Crippen LogP contribution in [0.3, 0.4) is 0 Å². The monoisotopic (exact) mass is 467 g/mol. The summed E-state index contributed by atoms with van der Waals surface area (Å²) in [5.41, 5.74) is 0. The lowest BCUT2D eigenvalue weighted by Crippen LogP contribution is -1.73. The van der Waals surface area contributed by atoms with Crippen LogP contribution in [0.25, 0.3) is 66.8 Å². The highest BCUT2D eigenvalue weighted by molar-refractivity contribution is 7.50. The van der Waals surface area contributed by atoms with Crippen molar-refractivity contribution >= 4 is 83.7 Å². The van der Waals surface area contributed by atoms with Crippen molar-refractivity contribution in [3.8, 4) is 4.90 Å². The second-order valence-electron chi connectivity index (χ2n) is 8.96. The molecule has 0 aliphatic rings. The van der Waals surface area contributed by atoms with Gasteiger partial charge in [0.05, 0.1) is 0 Å². The first-order valence-electron chi connectivity index (χ1n) is 11.6. The van der Waals surface area contributed by atoms with Crippen molar-refractivity contribution in [2.24, 2.45) is 0 Å². The molecule has 1 unspecified atom stereocenters. The quantitative estimate of drug-likeness (QED) is 0.211. The second kappa shape index (κ2) is 6.89. The van der Waals surface area contributed by atoms with Crippen LogP contribution in [0.1, 0.15) is 0 Å². The topological polar surface area (TPSA) is 0 Å². The largest absolute Gasteiger partial charge is 0.188 e. The Labute approximate surface area is 203 Å². The van der Waals surface area contributed by atoms with E-state index in [0.717, 1.165) is 0 Å². The Bertz CT molecular complexity index is 2060. The van der Waals surface area contributed by atoms with Crippen molar-refractivity contribution in [2.75, 3.05) is 0 Å². The highest BCUT2D eigenvalue weighted by Gasteiger charge is 2.25. The maximum atomic E-state index is 2.50. The van der Waals surface area contributed by atoms with E-state index in [-0.39, 0.29) is 10.5 Å². The van der Waals surface area contributed by atoms with Crippen LogP contribution < -0.4 is 0 Å². The third-order valence-electron chi connectivity index (χ3n) is 7.00. The van der Waals surface area contributed by atoms with Gasteiger partial charge in [0.1, 0.15) is 0 Å². The van der Waals surface area contributed by atoms with E-state index in [1.807, 2.05) is 11.3 Å². The third kappa shape index (κ3) is 2.58. The van der Waals surface area contributed by atoms with E-state index in [0.29, 0.717) is 0 Å². The Morgan fingerprint density at radius 3 is 1.65 bits per heavy atom. The Balaban J connectivity index is 1.57. The zero-order valence-corrected chi connectivity index (χ0v) is 19.9. The predicted molar refractivity (Wildman–Crippen MR) is 153 cm³/mol. The van der Waals surface area contributed by atoms with Gasteiger partial charge in [-0.3, -0.25) is 0 Å². The summed E-state index contributed by atoms with van der Waals surface area (Å²) >= 11 is 1.92. The number of benzene rings is 6. The number of fused-ring (bicyclic) bond motifs is 8. The molecule has 1 atom stereocenters. The molecule has 0 fully saturated rings. The first-order chi connectivity index (χ1) is 16.8. The van der Waals surface area contributed by atoms with Crippen molar-refractivity contribution in [3.63, 3.8) is 0 Å². The minimum absolute atomic E-state index is 0.102. The van der Waals surface area contributed by atoms with Crippen LogP contribution in [-0.4, -0.2) is 0 Å². The van der Waals surface area contributed by atoms with Crippen LogP contribution >= 0.6 is 21.8 Å². The summed E-state index contributed by atoms with van der Waals surface area (Å²) in [6.45, 7) is 0. The average Bonchev–Trinajstić information content (AvgIpc) is 3.39. The molecule has 2 aromatic heterocycles. The Kier molecular flexibility index (Phi) is 3.79. The molecule has 2 heteroatoms. The third-order valence-corrected chi connectivity index (χ3v) is 10.4. The SMILES string of the molecule is c1ccc(-[s+]2c3cc4ccccc4cc3c3cc4sc5cc6ccccc6cc5c4cc32)cc1. The minimum atomic E-state index is -0.102. The lowest BCUT2D eigenvalue weighted by Gasteiger charge is -1.98. The van der Waals surface area contributed by atoms with Gasteiger partial charge in [-0.2, -0.15) is 0 Å². The maximum absolute atomic E-state index is 2.50. The minimum Gasteiger partial charge on any atom is -0.135 e. The molecule has 6 aromatic carbocycles. The van der Waals surface area contributed by atoms with Gasteiger partial charge >= 0.3 is 0 Å². The molecular weight excluding hydrogens is 448 g/mol. The van der Waals surface area contributed by atoms with Gasteiger partial charge in [-0.05, 0) is 57.9 Å². The summed E-state index contributed by atoms with van der Waals surface area (Å²) in [6.07, 6.45) is 0. The molecule has 0 saturated heterocycles. The molecular formula is C32H19S2+. The molecule has 8 aromatic rings. The fourth-order valence-electron chi connectivity index (χ4n) is 5.39. The summed E-state index contributed by atoms with van der Waals surface area (Å²) in [5.74, 6) is 0. The van der Waals surface area contributed by atoms with Crippen LogP contribution in [0.5, 0.6) is 0 Å². The number of hydrogen-bond donors (Lipinski definition) is 0. The van der Waals surface area contributed by atoms with Gasteiger partial charge in [0, 0.05) is 53.5 Å². The number of thiophene rings is 2.